The van der Waals surface area contributed by atoms with Crippen LogP contribution in [0.3, 0.4) is 0 Å². The number of hydrogen-bond donors (Lipinski definition) is 5. The lowest BCUT2D eigenvalue weighted by molar-refractivity contribution is 0.0953. The maximum Gasteiger partial charge on any atom is 0.271 e. The molecule has 0 fully saturated rings. The number of carbonyl (C=O) groups excluding carboxylic acids is 2. The second kappa shape index (κ2) is 9.19. The fourth-order valence-corrected chi connectivity index (χ4v) is 2.75. The molecule has 0 saturated heterocycles. The SMILES string of the molecule is C/C(=N/NC(=O)c1cc(O)c(O)c(O)c1)c1cccc(NC(=O)c2ccc(Cl)cc2)c1. The normalized spacial score (nSPS) is 11.1. The number of rotatable bonds is 5. The van der Waals surface area contributed by atoms with Crippen molar-refractivity contribution >= 4 is 34.8 Å². The average molecular weight is 440 g/mol. The van der Waals surface area contributed by atoms with E-state index < -0.39 is 23.2 Å². The molecular weight excluding hydrogens is 422 g/mol. The van der Waals surface area contributed by atoms with Crippen molar-refractivity contribution in [2.45, 2.75) is 6.92 Å². The highest BCUT2D eigenvalue weighted by Gasteiger charge is 2.13. The standard InChI is InChI=1S/C22H18ClN3O5/c1-12(25-26-22(31)15-10-18(27)20(29)19(28)11-15)14-3-2-4-17(9-14)24-21(30)13-5-7-16(23)8-6-13/h2-11,27-29H,1H3,(H,24,30)(H,26,31)/b25-12-. The van der Waals surface area contributed by atoms with Gasteiger partial charge in [-0.15, -0.1) is 0 Å². The number of anilines is 1. The van der Waals surface area contributed by atoms with Crippen molar-refractivity contribution in [2.24, 2.45) is 5.10 Å². The zero-order chi connectivity index (χ0) is 22.5. The van der Waals surface area contributed by atoms with Gasteiger partial charge in [0.05, 0.1) is 5.71 Å². The second-order valence-corrected chi connectivity index (χ2v) is 6.98. The molecule has 0 radical (unpaired) electrons. The summed E-state index contributed by atoms with van der Waals surface area (Å²) in [5.41, 5.74) is 4.30. The lowest BCUT2D eigenvalue weighted by atomic mass is 10.1. The fraction of sp³-hybridized carbons (Fsp3) is 0.0455. The number of aromatic hydroxyl groups is 3. The molecule has 3 aromatic carbocycles. The molecule has 3 aromatic rings. The molecule has 0 atom stereocenters. The van der Waals surface area contributed by atoms with Gasteiger partial charge >= 0.3 is 0 Å². The van der Waals surface area contributed by atoms with E-state index in [4.69, 9.17) is 11.6 Å². The summed E-state index contributed by atoms with van der Waals surface area (Å²) >= 11 is 5.83. The molecule has 0 aromatic heterocycles. The van der Waals surface area contributed by atoms with Crippen LogP contribution in [0, 0.1) is 0 Å². The van der Waals surface area contributed by atoms with Crippen molar-refractivity contribution < 1.29 is 24.9 Å². The van der Waals surface area contributed by atoms with Gasteiger partial charge in [-0.05, 0) is 61.0 Å². The van der Waals surface area contributed by atoms with Gasteiger partial charge < -0.3 is 20.6 Å². The molecule has 0 bridgehead atoms. The highest BCUT2D eigenvalue weighted by Crippen LogP contribution is 2.35. The lowest BCUT2D eigenvalue weighted by Gasteiger charge is -2.08. The van der Waals surface area contributed by atoms with E-state index >= 15 is 0 Å². The fourth-order valence-electron chi connectivity index (χ4n) is 2.63. The Balaban J connectivity index is 1.71. The molecule has 0 aliphatic rings. The molecule has 0 aliphatic heterocycles. The first-order chi connectivity index (χ1) is 14.7. The van der Waals surface area contributed by atoms with Crippen LogP contribution in [0.15, 0.2) is 65.8 Å². The minimum absolute atomic E-state index is 0.0895. The van der Waals surface area contributed by atoms with Crippen molar-refractivity contribution in [3.05, 3.63) is 82.4 Å². The van der Waals surface area contributed by atoms with Crippen LogP contribution in [0.1, 0.15) is 33.2 Å². The number of phenols is 3. The number of phenolic OH excluding ortho intramolecular Hbond substituents is 3. The highest BCUT2D eigenvalue weighted by molar-refractivity contribution is 6.30. The van der Waals surface area contributed by atoms with Crippen LogP contribution in [0.4, 0.5) is 5.69 Å². The van der Waals surface area contributed by atoms with Crippen molar-refractivity contribution in [3.63, 3.8) is 0 Å². The Labute approximate surface area is 182 Å². The summed E-state index contributed by atoms with van der Waals surface area (Å²) in [6, 6.07) is 15.4. The Kier molecular flexibility index (Phi) is 6.42. The molecule has 158 valence electrons. The quantitative estimate of drug-likeness (QED) is 0.234. The van der Waals surface area contributed by atoms with Crippen LogP contribution in [0.5, 0.6) is 17.2 Å². The third-order valence-electron chi connectivity index (χ3n) is 4.30. The Morgan fingerprint density at radius 2 is 1.48 bits per heavy atom. The third kappa shape index (κ3) is 5.31. The number of amides is 2. The Hall–Kier alpha value is -4.04. The van der Waals surface area contributed by atoms with E-state index in [0.717, 1.165) is 12.1 Å². The zero-order valence-electron chi connectivity index (χ0n) is 16.3. The minimum Gasteiger partial charge on any atom is -0.504 e. The van der Waals surface area contributed by atoms with E-state index in [2.05, 4.69) is 15.8 Å². The lowest BCUT2D eigenvalue weighted by Crippen LogP contribution is -2.19. The molecule has 3 rings (SSSR count). The molecule has 0 saturated carbocycles. The van der Waals surface area contributed by atoms with Gasteiger partial charge in [0, 0.05) is 21.8 Å². The van der Waals surface area contributed by atoms with Gasteiger partial charge in [-0.2, -0.15) is 5.10 Å². The Bertz CT molecular complexity index is 1150. The van der Waals surface area contributed by atoms with Gasteiger partial charge in [0.15, 0.2) is 17.2 Å². The van der Waals surface area contributed by atoms with Crippen LogP contribution < -0.4 is 10.7 Å². The van der Waals surface area contributed by atoms with E-state index in [1.165, 1.54) is 0 Å². The summed E-state index contributed by atoms with van der Waals surface area (Å²) in [6.07, 6.45) is 0. The summed E-state index contributed by atoms with van der Waals surface area (Å²) in [7, 11) is 0. The smallest absolute Gasteiger partial charge is 0.271 e. The monoisotopic (exact) mass is 439 g/mol. The first-order valence-electron chi connectivity index (χ1n) is 9.01. The summed E-state index contributed by atoms with van der Waals surface area (Å²) in [6.45, 7) is 1.66. The number of benzene rings is 3. The first-order valence-corrected chi connectivity index (χ1v) is 9.39. The number of halogens is 1. The first kappa shape index (κ1) is 21.7. The van der Waals surface area contributed by atoms with E-state index in [0.29, 0.717) is 27.5 Å². The molecule has 5 N–H and O–H groups in total. The number of hydrogen-bond acceptors (Lipinski definition) is 6. The summed E-state index contributed by atoms with van der Waals surface area (Å²) < 4.78 is 0. The molecule has 0 heterocycles. The van der Waals surface area contributed by atoms with Crippen molar-refractivity contribution in [1.82, 2.24) is 5.43 Å². The van der Waals surface area contributed by atoms with E-state index in [-0.39, 0.29) is 11.5 Å². The molecule has 8 nitrogen and oxygen atoms in total. The van der Waals surface area contributed by atoms with Gasteiger partial charge in [-0.1, -0.05) is 23.7 Å². The van der Waals surface area contributed by atoms with Crippen molar-refractivity contribution in [2.75, 3.05) is 5.32 Å². The Morgan fingerprint density at radius 3 is 2.13 bits per heavy atom. The van der Waals surface area contributed by atoms with Gasteiger partial charge in [0.1, 0.15) is 0 Å². The van der Waals surface area contributed by atoms with Crippen LogP contribution in [-0.2, 0) is 0 Å². The summed E-state index contributed by atoms with van der Waals surface area (Å²) in [5.74, 6) is -2.97. The molecule has 31 heavy (non-hydrogen) atoms. The molecule has 0 spiro atoms. The number of nitrogens with one attached hydrogen (secondary N) is 2. The number of hydrazone groups is 1. The molecular formula is C22H18ClN3O5. The number of nitrogens with zero attached hydrogens (tertiary/aromatic N) is 1. The van der Waals surface area contributed by atoms with Crippen molar-refractivity contribution in [1.29, 1.82) is 0 Å². The molecule has 0 unspecified atom stereocenters. The van der Waals surface area contributed by atoms with Crippen molar-refractivity contribution in [3.8, 4) is 17.2 Å². The maximum atomic E-state index is 12.4. The second-order valence-electron chi connectivity index (χ2n) is 6.54. The minimum atomic E-state index is -0.714. The van der Waals surface area contributed by atoms with Crippen LogP contribution in [0.2, 0.25) is 5.02 Å². The van der Waals surface area contributed by atoms with Gasteiger partial charge in [-0.3, -0.25) is 9.59 Å². The summed E-state index contributed by atoms with van der Waals surface area (Å²) in [4.78, 5) is 24.6. The van der Waals surface area contributed by atoms with Crippen LogP contribution in [0.25, 0.3) is 0 Å². The van der Waals surface area contributed by atoms with Gasteiger partial charge in [-0.25, -0.2) is 5.43 Å². The van der Waals surface area contributed by atoms with E-state index in [9.17, 15) is 24.9 Å². The average Bonchev–Trinajstić information content (AvgIpc) is 2.75. The predicted octanol–water partition coefficient (Wildman–Crippen LogP) is 3.86. The molecule has 2 amide bonds. The topological polar surface area (TPSA) is 131 Å². The highest BCUT2D eigenvalue weighted by atomic mass is 35.5. The zero-order valence-corrected chi connectivity index (χ0v) is 17.0. The van der Waals surface area contributed by atoms with E-state index in [1.807, 2.05) is 0 Å². The largest absolute Gasteiger partial charge is 0.504 e. The number of carbonyl (C=O) groups is 2. The molecule has 9 heteroatoms. The molecule has 0 aliphatic carbocycles. The third-order valence-corrected chi connectivity index (χ3v) is 4.55. The van der Waals surface area contributed by atoms with Gasteiger partial charge in [0.25, 0.3) is 11.8 Å². The summed E-state index contributed by atoms with van der Waals surface area (Å²) in [5, 5.41) is 35.7. The van der Waals surface area contributed by atoms with E-state index in [1.54, 1.807) is 55.5 Å². The maximum absolute atomic E-state index is 12.4. The Morgan fingerprint density at radius 1 is 0.839 bits per heavy atom. The predicted molar refractivity (Wildman–Crippen MR) is 117 cm³/mol. The van der Waals surface area contributed by atoms with Crippen LogP contribution >= 0.6 is 11.6 Å². The van der Waals surface area contributed by atoms with Gasteiger partial charge in [0.2, 0.25) is 0 Å². The van der Waals surface area contributed by atoms with Crippen LogP contribution in [-0.4, -0.2) is 32.8 Å².